The number of methoxy groups -OCH3 is 1. The van der Waals surface area contributed by atoms with Crippen molar-refractivity contribution in [1.29, 1.82) is 0 Å². The maximum Gasteiger partial charge on any atom is 0.134 e. The summed E-state index contributed by atoms with van der Waals surface area (Å²) in [7, 11) is 1.69. The van der Waals surface area contributed by atoms with Crippen LogP contribution in [0.5, 0.6) is 5.75 Å². The van der Waals surface area contributed by atoms with E-state index in [4.69, 9.17) is 10.5 Å². The van der Waals surface area contributed by atoms with E-state index in [0.717, 1.165) is 42.9 Å². The number of rotatable bonds is 7. The summed E-state index contributed by atoms with van der Waals surface area (Å²) in [6.45, 7) is 2.89. The van der Waals surface area contributed by atoms with Crippen molar-refractivity contribution < 1.29 is 4.74 Å². The van der Waals surface area contributed by atoms with Gasteiger partial charge in [-0.05, 0) is 24.5 Å². The standard InChI is InChI=1S/C16H22N4O/c1-3-6-13-15(17)19-11-20-16(13)18-10-9-12-7-4-5-8-14(12)21-2/h4-5,7-8,11H,3,6,9-10H2,1-2H3,(H3,17,18,19,20). The molecule has 0 saturated heterocycles. The van der Waals surface area contributed by atoms with E-state index in [2.05, 4.69) is 28.3 Å². The molecule has 0 radical (unpaired) electrons. The Balaban J connectivity index is 2.02. The molecule has 0 aliphatic carbocycles. The SMILES string of the molecule is CCCc1c(N)ncnc1NCCc1ccccc1OC. The van der Waals surface area contributed by atoms with Crippen LogP contribution in [0.1, 0.15) is 24.5 Å². The Morgan fingerprint density at radius 3 is 2.76 bits per heavy atom. The third kappa shape index (κ3) is 3.84. The Hall–Kier alpha value is -2.30. The number of nitrogens with zero attached hydrogens (tertiary/aromatic N) is 2. The predicted octanol–water partition coefficient (Wildman–Crippen LogP) is 2.67. The van der Waals surface area contributed by atoms with Gasteiger partial charge >= 0.3 is 0 Å². The highest BCUT2D eigenvalue weighted by Crippen LogP contribution is 2.20. The van der Waals surface area contributed by atoms with Crippen molar-refractivity contribution in [3.05, 3.63) is 41.7 Å². The second kappa shape index (κ2) is 7.47. The molecule has 5 heteroatoms. The average molecular weight is 286 g/mol. The van der Waals surface area contributed by atoms with E-state index in [1.165, 1.54) is 11.9 Å². The lowest BCUT2D eigenvalue weighted by Gasteiger charge is -2.13. The van der Waals surface area contributed by atoms with Gasteiger partial charge in [-0.25, -0.2) is 9.97 Å². The van der Waals surface area contributed by atoms with Gasteiger partial charge in [-0.15, -0.1) is 0 Å². The maximum atomic E-state index is 5.92. The number of nitrogen functional groups attached to an aromatic ring is 1. The molecule has 0 saturated carbocycles. The minimum absolute atomic E-state index is 0.562. The summed E-state index contributed by atoms with van der Waals surface area (Å²) < 4.78 is 5.36. The third-order valence-electron chi connectivity index (χ3n) is 3.36. The second-order valence-corrected chi connectivity index (χ2v) is 4.82. The van der Waals surface area contributed by atoms with Gasteiger partial charge in [0, 0.05) is 12.1 Å². The first-order valence-corrected chi connectivity index (χ1v) is 7.21. The molecule has 21 heavy (non-hydrogen) atoms. The minimum atomic E-state index is 0.562. The molecule has 1 aromatic carbocycles. The van der Waals surface area contributed by atoms with Crippen LogP contribution in [0.3, 0.4) is 0 Å². The Labute approximate surface area is 125 Å². The molecular formula is C16H22N4O. The topological polar surface area (TPSA) is 73.1 Å². The van der Waals surface area contributed by atoms with Crippen LogP contribution in [0.15, 0.2) is 30.6 Å². The summed E-state index contributed by atoms with van der Waals surface area (Å²) in [4.78, 5) is 8.36. The van der Waals surface area contributed by atoms with Crippen LogP contribution in [-0.4, -0.2) is 23.6 Å². The van der Waals surface area contributed by atoms with E-state index in [0.29, 0.717) is 5.82 Å². The first-order chi connectivity index (χ1) is 10.3. The number of ether oxygens (including phenoxy) is 1. The number of aromatic nitrogens is 2. The van der Waals surface area contributed by atoms with Gasteiger partial charge in [0.2, 0.25) is 0 Å². The van der Waals surface area contributed by atoms with Gasteiger partial charge in [0.05, 0.1) is 7.11 Å². The van der Waals surface area contributed by atoms with Crippen LogP contribution in [-0.2, 0) is 12.8 Å². The van der Waals surface area contributed by atoms with Crippen LogP contribution < -0.4 is 15.8 Å². The van der Waals surface area contributed by atoms with Gasteiger partial charge in [-0.3, -0.25) is 0 Å². The van der Waals surface area contributed by atoms with E-state index in [9.17, 15) is 0 Å². The van der Waals surface area contributed by atoms with E-state index in [1.807, 2.05) is 18.2 Å². The number of nitrogens with two attached hydrogens (primary N) is 1. The van der Waals surface area contributed by atoms with E-state index < -0.39 is 0 Å². The number of benzene rings is 1. The Bertz CT molecular complexity index is 586. The zero-order valence-corrected chi connectivity index (χ0v) is 12.6. The lowest BCUT2D eigenvalue weighted by atomic mass is 10.1. The Morgan fingerprint density at radius 1 is 1.19 bits per heavy atom. The number of hydrogen-bond donors (Lipinski definition) is 2. The van der Waals surface area contributed by atoms with E-state index >= 15 is 0 Å². The molecule has 0 amide bonds. The zero-order chi connectivity index (χ0) is 15.1. The molecule has 1 aromatic heterocycles. The summed E-state index contributed by atoms with van der Waals surface area (Å²) in [6.07, 6.45) is 4.25. The predicted molar refractivity (Wildman–Crippen MR) is 85.6 cm³/mol. The molecule has 5 nitrogen and oxygen atoms in total. The van der Waals surface area contributed by atoms with Crippen LogP contribution in [0.25, 0.3) is 0 Å². The fraction of sp³-hybridized carbons (Fsp3) is 0.375. The molecular weight excluding hydrogens is 264 g/mol. The molecule has 2 rings (SSSR count). The molecule has 112 valence electrons. The van der Waals surface area contributed by atoms with Gasteiger partial charge in [-0.1, -0.05) is 31.5 Å². The van der Waals surface area contributed by atoms with Gasteiger partial charge < -0.3 is 15.8 Å². The van der Waals surface area contributed by atoms with Crippen LogP contribution >= 0.6 is 0 Å². The highest BCUT2D eigenvalue weighted by Gasteiger charge is 2.08. The molecule has 3 N–H and O–H groups in total. The third-order valence-corrected chi connectivity index (χ3v) is 3.36. The van der Waals surface area contributed by atoms with E-state index in [1.54, 1.807) is 7.11 Å². The van der Waals surface area contributed by atoms with Crippen LogP contribution in [0.4, 0.5) is 11.6 Å². The van der Waals surface area contributed by atoms with Gasteiger partial charge in [0.1, 0.15) is 23.7 Å². The van der Waals surface area contributed by atoms with Crippen molar-refractivity contribution in [3.8, 4) is 5.75 Å². The van der Waals surface area contributed by atoms with Gasteiger partial charge in [-0.2, -0.15) is 0 Å². The summed E-state index contributed by atoms with van der Waals surface area (Å²) in [6, 6.07) is 8.03. The van der Waals surface area contributed by atoms with E-state index in [-0.39, 0.29) is 0 Å². The van der Waals surface area contributed by atoms with Crippen molar-refractivity contribution in [3.63, 3.8) is 0 Å². The number of anilines is 2. The largest absolute Gasteiger partial charge is 0.496 e. The van der Waals surface area contributed by atoms with Crippen molar-refractivity contribution in [1.82, 2.24) is 9.97 Å². The summed E-state index contributed by atoms with van der Waals surface area (Å²) in [5, 5.41) is 3.35. The molecule has 0 aliphatic heterocycles. The zero-order valence-electron chi connectivity index (χ0n) is 12.6. The number of hydrogen-bond acceptors (Lipinski definition) is 5. The normalized spacial score (nSPS) is 10.4. The first kappa shape index (κ1) is 15.1. The van der Waals surface area contributed by atoms with Gasteiger partial charge in [0.25, 0.3) is 0 Å². The molecule has 1 heterocycles. The van der Waals surface area contributed by atoms with Crippen LogP contribution in [0, 0.1) is 0 Å². The fourth-order valence-corrected chi connectivity index (χ4v) is 2.30. The summed E-state index contributed by atoms with van der Waals surface area (Å²) >= 11 is 0. The summed E-state index contributed by atoms with van der Waals surface area (Å²) in [5.74, 6) is 2.31. The smallest absolute Gasteiger partial charge is 0.134 e. The molecule has 0 fully saturated rings. The van der Waals surface area contributed by atoms with Gasteiger partial charge in [0.15, 0.2) is 0 Å². The maximum absolute atomic E-state index is 5.92. The minimum Gasteiger partial charge on any atom is -0.496 e. The molecule has 0 atom stereocenters. The van der Waals surface area contributed by atoms with Crippen molar-refractivity contribution >= 4 is 11.6 Å². The fourth-order valence-electron chi connectivity index (χ4n) is 2.30. The second-order valence-electron chi connectivity index (χ2n) is 4.82. The lowest BCUT2D eigenvalue weighted by Crippen LogP contribution is -2.11. The molecule has 0 aliphatic rings. The highest BCUT2D eigenvalue weighted by atomic mass is 16.5. The number of para-hydroxylation sites is 1. The van der Waals surface area contributed by atoms with Crippen molar-refractivity contribution in [2.24, 2.45) is 0 Å². The summed E-state index contributed by atoms with van der Waals surface area (Å²) in [5.41, 5.74) is 8.10. The lowest BCUT2D eigenvalue weighted by molar-refractivity contribution is 0.410. The molecule has 0 bridgehead atoms. The Morgan fingerprint density at radius 2 is 2.00 bits per heavy atom. The van der Waals surface area contributed by atoms with Crippen LogP contribution in [0.2, 0.25) is 0 Å². The molecule has 2 aromatic rings. The van der Waals surface area contributed by atoms with Crippen molar-refractivity contribution in [2.75, 3.05) is 24.7 Å². The quantitative estimate of drug-likeness (QED) is 0.818. The highest BCUT2D eigenvalue weighted by molar-refractivity contribution is 5.55. The average Bonchev–Trinajstić information content (AvgIpc) is 2.51. The first-order valence-electron chi connectivity index (χ1n) is 7.21. The molecule has 0 spiro atoms. The monoisotopic (exact) mass is 286 g/mol. The van der Waals surface area contributed by atoms with Crippen molar-refractivity contribution in [2.45, 2.75) is 26.2 Å². The number of nitrogens with one attached hydrogen (secondary N) is 1. The molecule has 0 unspecified atom stereocenters. The Kier molecular flexibility index (Phi) is 5.37.